The lowest BCUT2D eigenvalue weighted by Gasteiger charge is -2.17. The molecule has 0 aromatic carbocycles. The molecule has 0 amide bonds. The number of allylic oxidation sites excluding steroid dienone is 1. The van der Waals surface area contributed by atoms with E-state index in [2.05, 4.69) is 0 Å². The van der Waals surface area contributed by atoms with E-state index in [0.29, 0.717) is 5.92 Å². The molecule has 2 rings (SSSR count). The van der Waals surface area contributed by atoms with E-state index in [0.717, 1.165) is 11.8 Å². The summed E-state index contributed by atoms with van der Waals surface area (Å²) in [6, 6.07) is 0. The van der Waals surface area contributed by atoms with Gasteiger partial charge in [-0.05, 0) is 37.0 Å². The number of aliphatic carboxylic acids is 1. The Kier molecular flexibility index (Phi) is 1.91. The van der Waals surface area contributed by atoms with Gasteiger partial charge in [-0.15, -0.1) is 0 Å². The van der Waals surface area contributed by atoms with Gasteiger partial charge in [-0.1, -0.05) is 12.5 Å². The van der Waals surface area contributed by atoms with Gasteiger partial charge in [-0.25, -0.2) is 4.79 Å². The third-order valence-corrected chi connectivity index (χ3v) is 3.28. The van der Waals surface area contributed by atoms with Gasteiger partial charge in [-0.3, -0.25) is 0 Å². The van der Waals surface area contributed by atoms with Gasteiger partial charge in [-0.2, -0.15) is 0 Å². The maximum absolute atomic E-state index is 10.3. The quantitative estimate of drug-likeness (QED) is 0.637. The minimum absolute atomic E-state index is 0.569. The van der Waals surface area contributed by atoms with E-state index in [1.165, 1.54) is 31.8 Å². The van der Waals surface area contributed by atoms with Crippen molar-refractivity contribution in [2.45, 2.75) is 25.7 Å². The van der Waals surface area contributed by atoms with Crippen molar-refractivity contribution in [1.29, 1.82) is 0 Å². The summed E-state index contributed by atoms with van der Waals surface area (Å²) in [6.45, 7) is 0. The molecule has 0 heterocycles. The number of hydrogen-bond donors (Lipinski definition) is 1. The third-order valence-electron chi connectivity index (χ3n) is 3.28. The van der Waals surface area contributed by atoms with Gasteiger partial charge in [0.05, 0.1) is 0 Å². The summed E-state index contributed by atoms with van der Waals surface area (Å²) >= 11 is 0. The van der Waals surface area contributed by atoms with E-state index in [4.69, 9.17) is 5.11 Å². The molecule has 0 aliphatic heterocycles. The maximum Gasteiger partial charge on any atom is 0.327 e. The Labute approximate surface area is 72.3 Å². The Balaban J connectivity index is 1.94. The summed E-state index contributed by atoms with van der Waals surface area (Å²) < 4.78 is 0. The van der Waals surface area contributed by atoms with Crippen LogP contribution in [0.4, 0.5) is 0 Å². The average molecular weight is 166 g/mol. The van der Waals surface area contributed by atoms with Crippen LogP contribution < -0.4 is 0 Å². The highest BCUT2D eigenvalue weighted by Gasteiger charge is 2.37. The standard InChI is InChI=1S/C10H14O2/c11-10(12)4-3-9-6-7-1-2-8(9)5-7/h3-4,7-9H,1-2,5-6H2,(H,11,12)/b4-3+. The molecule has 0 aromatic heterocycles. The summed E-state index contributed by atoms with van der Waals surface area (Å²) in [5.74, 6) is 1.46. The smallest absolute Gasteiger partial charge is 0.327 e. The zero-order chi connectivity index (χ0) is 8.55. The minimum Gasteiger partial charge on any atom is -0.478 e. The second-order valence-electron chi connectivity index (χ2n) is 4.04. The SMILES string of the molecule is O=C(O)/C=C/C1CC2CCC1C2. The first-order valence-corrected chi connectivity index (χ1v) is 4.67. The molecule has 2 nitrogen and oxygen atoms in total. The van der Waals surface area contributed by atoms with Crippen molar-refractivity contribution >= 4 is 5.97 Å². The van der Waals surface area contributed by atoms with Crippen LogP contribution in [-0.2, 0) is 4.79 Å². The lowest BCUT2D eigenvalue weighted by Crippen LogP contribution is -2.07. The molecule has 2 bridgehead atoms. The number of carboxylic acids is 1. The van der Waals surface area contributed by atoms with Crippen molar-refractivity contribution in [3.05, 3.63) is 12.2 Å². The third kappa shape index (κ3) is 1.38. The molecular formula is C10H14O2. The molecule has 0 radical (unpaired) electrons. The van der Waals surface area contributed by atoms with E-state index in [9.17, 15) is 4.79 Å². The van der Waals surface area contributed by atoms with Crippen molar-refractivity contribution in [1.82, 2.24) is 0 Å². The first kappa shape index (κ1) is 7.84. The van der Waals surface area contributed by atoms with Crippen molar-refractivity contribution in [3.8, 4) is 0 Å². The molecule has 2 fully saturated rings. The molecule has 66 valence electrons. The van der Waals surface area contributed by atoms with Gasteiger partial charge >= 0.3 is 5.97 Å². The molecule has 3 atom stereocenters. The van der Waals surface area contributed by atoms with Crippen LogP contribution in [0.1, 0.15) is 25.7 Å². The Morgan fingerprint density at radius 1 is 1.33 bits per heavy atom. The summed E-state index contributed by atoms with van der Waals surface area (Å²) in [5.41, 5.74) is 0. The number of fused-ring (bicyclic) bond motifs is 2. The van der Waals surface area contributed by atoms with Crippen molar-refractivity contribution in [2.75, 3.05) is 0 Å². The molecule has 0 saturated heterocycles. The summed E-state index contributed by atoms with van der Waals surface area (Å²) in [5, 5.41) is 8.46. The van der Waals surface area contributed by atoms with Gasteiger partial charge < -0.3 is 5.11 Å². The predicted molar refractivity (Wildman–Crippen MR) is 45.7 cm³/mol. The van der Waals surface area contributed by atoms with Gasteiger partial charge in [0.1, 0.15) is 0 Å². The van der Waals surface area contributed by atoms with Crippen LogP contribution in [0.2, 0.25) is 0 Å². The van der Waals surface area contributed by atoms with Crippen LogP contribution in [0.25, 0.3) is 0 Å². The number of hydrogen-bond acceptors (Lipinski definition) is 1. The van der Waals surface area contributed by atoms with E-state index in [1.54, 1.807) is 0 Å². The van der Waals surface area contributed by atoms with E-state index in [-0.39, 0.29) is 0 Å². The summed E-state index contributed by atoms with van der Waals surface area (Å²) in [6.07, 6.45) is 8.47. The first-order valence-electron chi connectivity index (χ1n) is 4.67. The first-order chi connectivity index (χ1) is 5.75. The van der Waals surface area contributed by atoms with Crippen molar-refractivity contribution in [3.63, 3.8) is 0 Å². The molecule has 2 saturated carbocycles. The Morgan fingerprint density at radius 2 is 2.17 bits per heavy atom. The molecule has 2 heteroatoms. The lowest BCUT2D eigenvalue weighted by molar-refractivity contribution is -0.131. The van der Waals surface area contributed by atoms with Crippen LogP contribution >= 0.6 is 0 Å². The number of carbonyl (C=O) groups is 1. The van der Waals surface area contributed by atoms with Gasteiger partial charge in [0.2, 0.25) is 0 Å². The minimum atomic E-state index is -0.808. The van der Waals surface area contributed by atoms with Crippen LogP contribution in [-0.4, -0.2) is 11.1 Å². The van der Waals surface area contributed by atoms with Gasteiger partial charge in [0.25, 0.3) is 0 Å². The summed E-state index contributed by atoms with van der Waals surface area (Å²) in [4.78, 5) is 10.3. The molecule has 3 unspecified atom stereocenters. The molecular weight excluding hydrogens is 152 g/mol. The molecule has 0 spiro atoms. The summed E-state index contributed by atoms with van der Waals surface area (Å²) in [7, 11) is 0. The predicted octanol–water partition coefficient (Wildman–Crippen LogP) is 2.06. The van der Waals surface area contributed by atoms with E-state index >= 15 is 0 Å². The molecule has 0 aromatic rings. The average Bonchev–Trinajstić information content (AvgIpc) is 2.60. The zero-order valence-electron chi connectivity index (χ0n) is 7.07. The highest BCUT2D eigenvalue weighted by atomic mass is 16.4. The Morgan fingerprint density at radius 3 is 2.67 bits per heavy atom. The van der Waals surface area contributed by atoms with Crippen LogP contribution in [0.5, 0.6) is 0 Å². The van der Waals surface area contributed by atoms with Gasteiger partial charge in [0, 0.05) is 6.08 Å². The highest BCUT2D eigenvalue weighted by molar-refractivity contribution is 5.79. The fourth-order valence-corrected chi connectivity index (χ4v) is 2.74. The number of rotatable bonds is 2. The molecule has 12 heavy (non-hydrogen) atoms. The second-order valence-corrected chi connectivity index (χ2v) is 4.04. The molecule has 2 aliphatic rings. The van der Waals surface area contributed by atoms with E-state index in [1.807, 2.05) is 6.08 Å². The highest BCUT2D eigenvalue weighted by Crippen LogP contribution is 2.48. The second kappa shape index (κ2) is 2.92. The maximum atomic E-state index is 10.3. The van der Waals surface area contributed by atoms with Crippen molar-refractivity contribution in [2.24, 2.45) is 17.8 Å². The zero-order valence-corrected chi connectivity index (χ0v) is 7.07. The largest absolute Gasteiger partial charge is 0.478 e. The van der Waals surface area contributed by atoms with E-state index < -0.39 is 5.97 Å². The Bertz CT molecular complexity index is 220. The van der Waals surface area contributed by atoms with Crippen LogP contribution in [0.3, 0.4) is 0 Å². The number of carboxylic acid groups (broad SMARTS) is 1. The fourth-order valence-electron chi connectivity index (χ4n) is 2.74. The van der Waals surface area contributed by atoms with Gasteiger partial charge in [0.15, 0.2) is 0 Å². The normalized spacial score (nSPS) is 39.5. The Hall–Kier alpha value is -0.790. The molecule has 1 N–H and O–H groups in total. The van der Waals surface area contributed by atoms with Crippen LogP contribution in [0, 0.1) is 17.8 Å². The molecule has 2 aliphatic carbocycles. The monoisotopic (exact) mass is 166 g/mol. The fraction of sp³-hybridized carbons (Fsp3) is 0.700. The van der Waals surface area contributed by atoms with Crippen molar-refractivity contribution < 1.29 is 9.90 Å². The topological polar surface area (TPSA) is 37.3 Å². The lowest BCUT2D eigenvalue weighted by atomic mass is 9.89. The van der Waals surface area contributed by atoms with Crippen LogP contribution in [0.15, 0.2) is 12.2 Å².